The number of H-pyrrole nitrogens is 1. The number of hydrogen-bond acceptors (Lipinski definition) is 5. The molecule has 4 aromatic rings. The number of benzene rings is 2. The van der Waals surface area contributed by atoms with Crippen molar-refractivity contribution in [3.63, 3.8) is 0 Å². The largest absolute Gasteiger partial charge is 0.384 e. The van der Waals surface area contributed by atoms with Gasteiger partial charge in [-0.2, -0.15) is 0 Å². The van der Waals surface area contributed by atoms with Crippen molar-refractivity contribution in [2.24, 2.45) is 0 Å². The smallest absolute Gasteiger partial charge is 0.178 e. The lowest BCUT2D eigenvalue weighted by Gasteiger charge is -2.26. The summed E-state index contributed by atoms with van der Waals surface area (Å²) in [5.41, 5.74) is 11.2. The van der Waals surface area contributed by atoms with E-state index in [0.29, 0.717) is 11.5 Å². The number of aromatic amines is 1. The molecule has 4 N–H and O–H groups in total. The van der Waals surface area contributed by atoms with Crippen LogP contribution < -0.4 is 11.1 Å². The Kier molecular flexibility index (Phi) is 5.77. The Balaban J connectivity index is 1.53. The van der Waals surface area contributed by atoms with Gasteiger partial charge in [-0.25, -0.2) is 10.1 Å². The maximum absolute atomic E-state index is 6.07. The number of nitrogens with two attached hydrogens (primary N) is 1. The summed E-state index contributed by atoms with van der Waals surface area (Å²) in [6.07, 6.45) is 0.917. The Bertz CT molecular complexity index is 1090. The summed E-state index contributed by atoms with van der Waals surface area (Å²) in [6.45, 7) is 6.31. The molecule has 6 heteroatoms. The fourth-order valence-corrected chi connectivity index (χ4v) is 3.98. The number of rotatable bonds is 8. The SMILES string of the molecule is CC(C)(CNCCC(c1ccccc1)c1cc(N)nc2[nH]nnc12)c1ccccc1. The van der Waals surface area contributed by atoms with Crippen LogP contribution in [0, 0.1) is 0 Å². The molecule has 0 aliphatic rings. The van der Waals surface area contributed by atoms with E-state index >= 15 is 0 Å². The van der Waals surface area contributed by atoms with E-state index < -0.39 is 0 Å². The van der Waals surface area contributed by atoms with Crippen LogP contribution in [0.5, 0.6) is 0 Å². The predicted octanol–water partition coefficient (Wildman–Crippen LogP) is 4.02. The lowest BCUT2D eigenvalue weighted by Crippen LogP contribution is -2.34. The van der Waals surface area contributed by atoms with Crippen molar-refractivity contribution >= 4 is 17.0 Å². The summed E-state index contributed by atoms with van der Waals surface area (Å²) in [6, 6.07) is 23.0. The van der Waals surface area contributed by atoms with Crippen molar-refractivity contribution in [3.8, 4) is 0 Å². The van der Waals surface area contributed by atoms with Crippen molar-refractivity contribution in [3.05, 3.63) is 83.4 Å². The monoisotopic (exact) mass is 400 g/mol. The minimum absolute atomic E-state index is 0.0595. The van der Waals surface area contributed by atoms with Crippen LogP contribution in [0.25, 0.3) is 11.2 Å². The molecule has 0 saturated carbocycles. The molecule has 4 rings (SSSR count). The van der Waals surface area contributed by atoms with Crippen molar-refractivity contribution in [2.45, 2.75) is 31.6 Å². The first-order valence-corrected chi connectivity index (χ1v) is 10.3. The van der Waals surface area contributed by atoms with Gasteiger partial charge >= 0.3 is 0 Å². The van der Waals surface area contributed by atoms with E-state index in [2.05, 4.69) is 94.2 Å². The van der Waals surface area contributed by atoms with E-state index in [4.69, 9.17) is 5.73 Å². The highest BCUT2D eigenvalue weighted by atomic mass is 15.3. The third-order valence-corrected chi connectivity index (χ3v) is 5.66. The van der Waals surface area contributed by atoms with Crippen LogP contribution in [0.2, 0.25) is 0 Å². The summed E-state index contributed by atoms with van der Waals surface area (Å²) in [5.74, 6) is 0.624. The van der Waals surface area contributed by atoms with Gasteiger partial charge in [0.2, 0.25) is 0 Å². The fourth-order valence-electron chi connectivity index (χ4n) is 3.98. The number of nitrogens with zero attached hydrogens (tertiary/aromatic N) is 3. The highest BCUT2D eigenvalue weighted by molar-refractivity contribution is 5.77. The van der Waals surface area contributed by atoms with Gasteiger partial charge in [0.25, 0.3) is 0 Å². The van der Waals surface area contributed by atoms with Gasteiger partial charge in [0.1, 0.15) is 11.3 Å². The molecule has 1 atom stereocenters. The van der Waals surface area contributed by atoms with Crippen LogP contribution in [0.3, 0.4) is 0 Å². The molecule has 2 aromatic carbocycles. The second kappa shape index (κ2) is 8.63. The third kappa shape index (κ3) is 4.33. The number of fused-ring (bicyclic) bond motifs is 1. The zero-order valence-electron chi connectivity index (χ0n) is 17.5. The molecule has 0 amide bonds. The first kappa shape index (κ1) is 20.0. The van der Waals surface area contributed by atoms with Gasteiger partial charge < -0.3 is 11.1 Å². The van der Waals surface area contributed by atoms with E-state index in [-0.39, 0.29) is 11.3 Å². The van der Waals surface area contributed by atoms with Gasteiger partial charge in [-0.1, -0.05) is 79.7 Å². The zero-order valence-corrected chi connectivity index (χ0v) is 17.5. The summed E-state index contributed by atoms with van der Waals surface area (Å²) in [7, 11) is 0. The molecule has 0 aliphatic heterocycles. The normalized spacial score (nSPS) is 12.9. The quantitative estimate of drug-likeness (QED) is 0.389. The van der Waals surface area contributed by atoms with E-state index in [1.165, 1.54) is 11.1 Å². The fraction of sp³-hybridized carbons (Fsp3) is 0.292. The van der Waals surface area contributed by atoms with Crippen molar-refractivity contribution in [1.82, 2.24) is 25.7 Å². The maximum Gasteiger partial charge on any atom is 0.178 e. The molecule has 1 unspecified atom stereocenters. The second-order valence-corrected chi connectivity index (χ2v) is 8.32. The molecule has 154 valence electrons. The van der Waals surface area contributed by atoms with Crippen molar-refractivity contribution in [1.29, 1.82) is 0 Å². The maximum atomic E-state index is 6.07. The van der Waals surface area contributed by atoms with Gasteiger partial charge in [-0.05, 0) is 35.7 Å². The lowest BCUT2D eigenvalue weighted by molar-refractivity contribution is 0.461. The van der Waals surface area contributed by atoms with Gasteiger partial charge in [-0.3, -0.25) is 0 Å². The Labute approximate surface area is 176 Å². The molecule has 2 aromatic heterocycles. The Morgan fingerprint density at radius 2 is 1.73 bits per heavy atom. The van der Waals surface area contributed by atoms with Gasteiger partial charge in [0, 0.05) is 17.9 Å². The van der Waals surface area contributed by atoms with Crippen LogP contribution in [0.4, 0.5) is 5.82 Å². The minimum atomic E-state index is 0.0595. The molecule has 30 heavy (non-hydrogen) atoms. The molecule has 0 aliphatic carbocycles. The standard InChI is InChI=1S/C24H28N6/c1-24(2,18-11-7-4-8-12-18)16-26-14-13-19(17-9-5-3-6-10-17)20-15-21(25)27-23-22(20)28-30-29-23/h3-12,15,19,26H,13-14,16H2,1-2H3,(H3,25,27,28,29,30). The van der Waals surface area contributed by atoms with E-state index in [1.807, 2.05) is 12.1 Å². The van der Waals surface area contributed by atoms with Crippen LogP contribution in [0.15, 0.2) is 66.7 Å². The van der Waals surface area contributed by atoms with Crippen molar-refractivity contribution < 1.29 is 0 Å². The Morgan fingerprint density at radius 3 is 2.47 bits per heavy atom. The number of pyridine rings is 1. The molecule has 6 nitrogen and oxygen atoms in total. The summed E-state index contributed by atoms with van der Waals surface area (Å²) in [5, 5.41) is 14.7. The number of nitrogen functional groups attached to an aromatic ring is 1. The highest BCUT2D eigenvalue weighted by Crippen LogP contribution is 2.32. The molecule has 0 spiro atoms. The average molecular weight is 401 g/mol. The Morgan fingerprint density at radius 1 is 1.03 bits per heavy atom. The summed E-state index contributed by atoms with van der Waals surface area (Å²) >= 11 is 0. The highest BCUT2D eigenvalue weighted by Gasteiger charge is 2.22. The van der Waals surface area contributed by atoms with Crippen LogP contribution >= 0.6 is 0 Å². The van der Waals surface area contributed by atoms with E-state index in [1.54, 1.807) is 0 Å². The third-order valence-electron chi connectivity index (χ3n) is 5.66. The Hall–Kier alpha value is -3.25. The average Bonchev–Trinajstić information content (AvgIpc) is 3.23. The van der Waals surface area contributed by atoms with Crippen LogP contribution in [-0.2, 0) is 5.41 Å². The number of anilines is 1. The summed E-state index contributed by atoms with van der Waals surface area (Å²) in [4.78, 5) is 4.32. The van der Waals surface area contributed by atoms with E-state index in [9.17, 15) is 0 Å². The zero-order chi connectivity index (χ0) is 21.0. The van der Waals surface area contributed by atoms with Crippen LogP contribution in [-0.4, -0.2) is 33.5 Å². The number of hydrogen-bond donors (Lipinski definition) is 3. The second-order valence-electron chi connectivity index (χ2n) is 8.32. The number of aromatic nitrogens is 4. The predicted molar refractivity (Wildman–Crippen MR) is 121 cm³/mol. The molecule has 0 saturated heterocycles. The minimum Gasteiger partial charge on any atom is -0.384 e. The lowest BCUT2D eigenvalue weighted by atomic mass is 9.84. The summed E-state index contributed by atoms with van der Waals surface area (Å²) < 4.78 is 0. The molecule has 2 heterocycles. The topological polar surface area (TPSA) is 92.5 Å². The first-order chi connectivity index (χ1) is 14.5. The molecule has 0 fully saturated rings. The number of nitrogens with one attached hydrogen (secondary N) is 2. The molecule has 0 radical (unpaired) electrons. The molecular formula is C24H28N6. The molecular weight excluding hydrogens is 372 g/mol. The van der Waals surface area contributed by atoms with Gasteiger partial charge in [0.15, 0.2) is 5.65 Å². The van der Waals surface area contributed by atoms with Gasteiger partial charge in [0.05, 0.1) is 0 Å². The van der Waals surface area contributed by atoms with Crippen LogP contribution in [0.1, 0.15) is 42.9 Å². The van der Waals surface area contributed by atoms with E-state index in [0.717, 1.165) is 30.6 Å². The molecule has 0 bridgehead atoms. The first-order valence-electron chi connectivity index (χ1n) is 10.3. The van der Waals surface area contributed by atoms with Gasteiger partial charge in [-0.15, -0.1) is 5.10 Å². The van der Waals surface area contributed by atoms with Crippen molar-refractivity contribution in [2.75, 3.05) is 18.8 Å².